The molecule has 0 unspecified atom stereocenters. The molecule has 2 heteroatoms. The lowest BCUT2D eigenvalue weighted by Crippen LogP contribution is -2.06. The maximum atomic E-state index is 12.2. The molecule has 1 N–H and O–H groups in total. The Balaban J connectivity index is 2.43. The average molecular weight is 259 g/mol. The van der Waals surface area contributed by atoms with Crippen LogP contribution in [0.25, 0.3) is 32.4 Å². The molecule has 0 aliphatic carbocycles. The fourth-order valence-corrected chi connectivity index (χ4v) is 3.03. The van der Waals surface area contributed by atoms with Crippen LogP contribution in [0, 0.1) is 6.92 Å². The molecule has 96 valence electrons. The quantitative estimate of drug-likeness (QED) is 0.473. The third kappa shape index (κ3) is 1.42. The van der Waals surface area contributed by atoms with Crippen molar-refractivity contribution in [1.29, 1.82) is 0 Å². The van der Waals surface area contributed by atoms with Crippen LogP contribution < -0.4 is 5.56 Å². The molecule has 0 bridgehead atoms. The third-order valence-corrected chi connectivity index (χ3v) is 3.94. The van der Waals surface area contributed by atoms with E-state index >= 15 is 0 Å². The van der Waals surface area contributed by atoms with E-state index in [0.717, 1.165) is 21.7 Å². The highest BCUT2D eigenvalue weighted by molar-refractivity contribution is 6.19. The van der Waals surface area contributed by atoms with Gasteiger partial charge in [0.25, 0.3) is 5.56 Å². The highest BCUT2D eigenvalue weighted by Gasteiger charge is 2.09. The Morgan fingerprint density at radius 3 is 2.05 bits per heavy atom. The summed E-state index contributed by atoms with van der Waals surface area (Å²) >= 11 is 0. The van der Waals surface area contributed by atoms with Gasteiger partial charge in [0.2, 0.25) is 0 Å². The van der Waals surface area contributed by atoms with Gasteiger partial charge in [0, 0.05) is 16.3 Å². The summed E-state index contributed by atoms with van der Waals surface area (Å²) in [5.74, 6) is 0. The van der Waals surface area contributed by atoms with E-state index in [1.54, 1.807) is 0 Å². The van der Waals surface area contributed by atoms with Crippen molar-refractivity contribution in [3.05, 3.63) is 70.5 Å². The first-order chi connectivity index (χ1) is 9.75. The minimum absolute atomic E-state index is 0.0252. The van der Waals surface area contributed by atoms with Crippen LogP contribution in [0.15, 0.2) is 59.4 Å². The van der Waals surface area contributed by atoms with Crippen molar-refractivity contribution in [2.75, 3.05) is 0 Å². The van der Waals surface area contributed by atoms with Gasteiger partial charge in [0.15, 0.2) is 0 Å². The van der Waals surface area contributed by atoms with Crippen LogP contribution in [0.1, 0.15) is 5.56 Å². The maximum absolute atomic E-state index is 12.2. The molecular weight excluding hydrogens is 246 g/mol. The predicted octanol–water partition coefficient (Wildman–Crippen LogP) is 4.14. The summed E-state index contributed by atoms with van der Waals surface area (Å²) < 4.78 is 0. The molecule has 20 heavy (non-hydrogen) atoms. The van der Waals surface area contributed by atoms with Gasteiger partial charge in [0.05, 0.1) is 0 Å². The van der Waals surface area contributed by atoms with Gasteiger partial charge in [-0.2, -0.15) is 0 Å². The number of hydrogen-bond acceptors (Lipinski definition) is 1. The van der Waals surface area contributed by atoms with E-state index < -0.39 is 0 Å². The van der Waals surface area contributed by atoms with Crippen molar-refractivity contribution in [3.63, 3.8) is 0 Å². The molecule has 0 atom stereocenters. The van der Waals surface area contributed by atoms with E-state index in [4.69, 9.17) is 0 Å². The molecule has 3 aromatic carbocycles. The fourth-order valence-electron chi connectivity index (χ4n) is 3.03. The van der Waals surface area contributed by atoms with Crippen LogP contribution in [-0.4, -0.2) is 4.98 Å². The highest BCUT2D eigenvalue weighted by Crippen LogP contribution is 2.31. The van der Waals surface area contributed by atoms with Gasteiger partial charge >= 0.3 is 0 Å². The molecule has 4 rings (SSSR count). The molecule has 0 saturated heterocycles. The monoisotopic (exact) mass is 259 g/mol. The molecule has 0 amide bonds. The van der Waals surface area contributed by atoms with Crippen LogP contribution in [0.5, 0.6) is 0 Å². The molecular formula is C18H13NO. The van der Waals surface area contributed by atoms with E-state index in [9.17, 15) is 4.79 Å². The first kappa shape index (κ1) is 11.2. The van der Waals surface area contributed by atoms with E-state index in [1.165, 1.54) is 16.3 Å². The molecule has 2 nitrogen and oxygen atoms in total. The van der Waals surface area contributed by atoms with Crippen molar-refractivity contribution in [2.24, 2.45) is 0 Å². The lowest BCUT2D eigenvalue weighted by Gasteiger charge is -2.09. The molecule has 0 spiro atoms. The smallest absolute Gasteiger partial charge is 0.256 e. The number of benzene rings is 3. The van der Waals surface area contributed by atoms with Gasteiger partial charge in [-0.3, -0.25) is 4.79 Å². The van der Waals surface area contributed by atoms with Gasteiger partial charge in [-0.15, -0.1) is 0 Å². The Hall–Kier alpha value is -2.61. The Morgan fingerprint density at radius 1 is 0.800 bits per heavy atom. The number of aromatic amines is 1. The van der Waals surface area contributed by atoms with Crippen LogP contribution in [0.4, 0.5) is 0 Å². The van der Waals surface area contributed by atoms with Gasteiger partial charge in [-0.1, -0.05) is 42.5 Å². The maximum Gasteiger partial charge on any atom is 0.256 e. The molecule has 0 saturated carbocycles. The van der Waals surface area contributed by atoms with E-state index in [2.05, 4.69) is 36.2 Å². The predicted molar refractivity (Wildman–Crippen MR) is 84.3 cm³/mol. The van der Waals surface area contributed by atoms with Crippen molar-refractivity contribution in [2.45, 2.75) is 6.92 Å². The second-order valence-electron chi connectivity index (χ2n) is 5.16. The van der Waals surface area contributed by atoms with E-state index in [1.807, 2.05) is 30.3 Å². The van der Waals surface area contributed by atoms with Gasteiger partial charge in [-0.25, -0.2) is 0 Å². The second kappa shape index (κ2) is 3.94. The highest BCUT2D eigenvalue weighted by atomic mass is 16.1. The van der Waals surface area contributed by atoms with Crippen molar-refractivity contribution in [3.8, 4) is 0 Å². The zero-order valence-corrected chi connectivity index (χ0v) is 11.1. The minimum atomic E-state index is -0.0252. The normalized spacial score (nSPS) is 11.4. The van der Waals surface area contributed by atoms with Crippen molar-refractivity contribution < 1.29 is 0 Å². The largest absolute Gasteiger partial charge is 0.321 e. The Bertz CT molecular complexity index is 1030. The standard InChI is InChI=1S/C18H13NO/c1-11-10-16-17(13-7-3-2-6-12(11)13)14-8-4-5-9-15(14)18(20)19-16/h2-10H,1H3,(H,19,20). The summed E-state index contributed by atoms with van der Waals surface area (Å²) in [4.78, 5) is 15.2. The van der Waals surface area contributed by atoms with Crippen molar-refractivity contribution >= 4 is 32.4 Å². The number of nitrogens with one attached hydrogen (secondary N) is 1. The van der Waals surface area contributed by atoms with E-state index in [-0.39, 0.29) is 5.56 Å². The van der Waals surface area contributed by atoms with Crippen LogP contribution in [0.3, 0.4) is 0 Å². The Labute approximate surface area is 115 Å². The summed E-state index contributed by atoms with van der Waals surface area (Å²) in [7, 11) is 0. The summed E-state index contributed by atoms with van der Waals surface area (Å²) in [5, 5.41) is 5.31. The molecule has 0 aliphatic rings. The lowest BCUT2D eigenvalue weighted by atomic mass is 9.97. The van der Waals surface area contributed by atoms with Gasteiger partial charge in [-0.05, 0) is 40.8 Å². The molecule has 1 aromatic heterocycles. The van der Waals surface area contributed by atoms with Gasteiger partial charge in [0.1, 0.15) is 0 Å². The summed E-state index contributed by atoms with van der Waals surface area (Å²) in [6, 6.07) is 18.2. The summed E-state index contributed by atoms with van der Waals surface area (Å²) in [6.45, 7) is 2.08. The molecule has 4 aromatic rings. The van der Waals surface area contributed by atoms with Crippen molar-refractivity contribution in [1.82, 2.24) is 4.98 Å². The van der Waals surface area contributed by atoms with Crippen LogP contribution in [-0.2, 0) is 0 Å². The molecule has 1 heterocycles. The number of aryl methyl sites for hydroxylation is 1. The first-order valence-corrected chi connectivity index (χ1v) is 6.69. The number of rotatable bonds is 0. The summed E-state index contributed by atoms with van der Waals surface area (Å²) in [6.07, 6.45) is 0. The first-order valence-electron chi connectivity index (χ1n) is 6.69. The van der Waals surface area contributed by atoms with Crippen LogP contribution in [0.2, 0.25) is 0 Å². The Kier molecular flexibility index (Phi) is 2.21. The second-order valence-corrected chi connectivity index (χ2v) is 5.16. The minimum Gasteiger partial charge on any atom is -0.321 e. The molecule has 0 radical (unpaired) electrons. The number of aromatic nitrogens is 1. The lowest BCUT2D eigenvalue weighted by molar-refractivity contribution is 1.34. The average Bonchev–Trinajstić information content (AvgIpc) is 2.47. The van der Waals surface area contributed by atoms with Gasteiger partial charge < -0.3 is 4.98 Å². The number of H-pyrrole nitrogens is 1. The molecule has 0 aliphatic heterocycles. The number of hydrogen-bond donors (Lipinski definition) is 1. The zero-order chi connectivity index (χ0) is 13.7. The topological polar surface area (TPSA) is 32.9 Å². The summed E-state index contributed by atoms with van der Waals surface area (Å²) in [5.41, 5.74) is 2.06. The van der Waals surface area contributed by atoms with Crippen LogP contribution >= 0.6 is 0 Å². The third-order valence-electron chi connectivity index (χ3n) is 3.94. The number of fused-ring (bicyclic) bond motifs is 5. The zero-order valence-electron chi connectivity index (χ0n) is 11.1. The SMILES string of the molecule is Cc1cc2[nH]c(=O)c3ccccc3c2c2ccccc12. The Morgan fingerprint density at radius 2 is 1.35 bits per heavy atom. The molecule has 0 fully saturated rings. The number of pyridine rings is 1. The fraction of sp³-hybridized carbons (Fsp3) is 0.0556. The van der Waals surface area contributed by atoms with E-state index in [0.29, 0.717) is 0 Å².